The third-order valence-electron chi connectivity index (χ3n) is 3.75. The Morgan fingerprint density at radius 2 is 2.13 bits per heavy atom. The molecule has 0 radical (unpaired) electrons. The molecule has 1 unspecified atom stereocenters. The SMILES string of the molecule is CC(=O)Nc1ccc(F)c(NCC(=O)NC(C)(C#N)C2CC2)c1. The van der Waals surface area contributed by atoms with Gasteiger partial charge in [0.05, 0.1) is 18.3 Å². The lowest BCUT2D eigenvalue weighted by Gasteiger charge is -2.23. The largest absolute Gasteiger partial charge is 0.374 e. The predicted molar refractivity (Wildman–Crippen MR) is 84.1 cm³/mol. The topological polar surface area (TPSA) is 94.0 Å². The molecule has 0 saturated heterocycles. The molecule has 122 valence electrons. The normalized spacial score (nSPS) is 15.9. The average molecular weight is 318 g/mol. The van der Waals surface area contributed by atoms with E-state index in [9.17, 15) is 19.2 Å². The number of hydrogen-bond acceptors (Lipinski definition) is 4. The number of rotatable bonds is 6. The minimum absolute atomic E-state index is 0.108. The van der Waals surface area contributed by atoms with E-state index < -0.39 is 11.4 Å². The van der Waals surface area contributed by atoms with E-state index in [1.165, 1.54) is 25.1 Å². The standard InChI is InChI=1S/C16H19FN4O2/c1-10(22)20-12-5-6-13(17)14(7-12)19-8-15(23)21-16(2,9-18)11-3-4-11/h5-7,11,19H,3-4,8H2,1-2H3,(H,20,22)(H,21,23). The number of nitrogens with one attached hydrogen (secondary N) is 3. The van der Waals surface area contributed by atoms with Gasteiger partial charge >= 0.3 is 0 Å². The molecule has 7 heteroatoms. The number of carbonyl (C=O) groups is 2. The van der Waals surface area contributed by atoms with Crippen molar-refractivity contribution in [2.75, 3.05) is 17.2 Å². The molecule has 1 atom stereocenters. The number of benzene rings is 1. The van der Waals surface area contributed by atoms with Crippen molar-refractivity contribution in [3.05, 3.63) is 24.0 Å². The molecule has 2 amide bonds. The van der Waals surface area contributed by atoms with E-state index in [0.717, 1.165) is 12.8 Å². The highest BCUT2D eigenvalue weighted by molar-refractivity contribution is 5.89. The van der Waals surface area contributed by atoms with Gasteiger partial charge in [0.15, 0.2) is 0 Å². The molecule has 1 aliphatic rings. The third kappa shape index (κ3) is 4.42. The molecule has 0 aliphatic heterocycles. The maximum Gasteiger partial charge on any atom is 0.240 e. The van der Waals surface area contributed by atoms with Crippen molar-refractivity contribution in [2.24, 2.45) is 5.92 Å². The van der Waals surface area contributed by atoms with Gasteiger partial charge in [-0.1, -0.05) is 0 Å². The molecule has 23 heavy (non-hydrogen) atoms. The molecule has 6 nitrogen and oxygen atoms in total. The Hall–Kier alpha value is -2.62. The van der Waals surface area contributed by atoms with Crippen molar-refractivity contribution in [1.82, 2.24) is 5.32 Å². The lowest BCUT2D eigenvalue weighted by molar-refractivity contribution is -0.120. The molecule has 0 aromatic heterocycles. The van der Waals surface area contributed by atoms with E-state index >= 15 is 0 Å². The molecule has 1 aromatic carbocycles. The van der Waals surface area contributed by atoms with E-state index in [2.05, 4.69) is 22.0 Å². The van der Waals surface area contributed by atoms with Gasteiger partial charge in [-0.25, -0.2) is 4.39 Å². The van der Waals surface area contributed by atoms with Crippen LogP contribution in [-0.4, -0.2) is 23.9 Å². The van der Waals surface area contributed by atoms with Gasteiger partial charge in [-0.2, -0.15) is 5.26 Å². The van der Waals surface area contributed by atoms with E-state index in [1.807, 2.05) is 0 Å². The van der Waals surface area contributed by atoms with Crippen LogP contribution >= 0.6 is 0 Å². The van der Waals surface area contributed by atoms with E-state index in [4.69, 9.17) is 0 Å². The minimum Gasteiger partial charge on any atom is -0.374 e. The monoisotopic (exact) mass is 318 g/mol. The molecule has 1 fully saturated rings. The fraction of sp³-hybridized carbons (Fsp3) is 0.438. The van der Waals surface area contributed by atoms with Crippen LogP contribution in [0.3, 0.4) is 0 Å². The van der Waals surface area contributed by atoms with E-state index in [1.54, 1.807) is 6.92 Å². The van der Waals surface area contributed by atoms with E-state index in [0.29, 0.717) is 5.69 Å². The number of carbonyl (C=O) groups excluding carboxylic acids is 2. The molecular formula is C16H19FN4O2. The summed E-state index contributed by atoms with van der Waals surface area (Å²) < 4.78 is 13.7. The van der Waals surface area contributed by atoms with Gasteiger partial charge in [0.2, 0.25) is 11.8 Å². The maximum absolute atomic E-state index is 13.7. The summed E-state index contributed by atoms with van der Waals surface area (Å²) in [6.07, 6.45) is 1.84. The minimum atomic E-state index is -0.880. The number of nitriles is 1. The van der Waals surface area contributed by atoms with Crippen LogP contribution in [0.5, 0.6) is 0 Å². The Kier molecular flexibility index (Phi) is 4.84. The maximum atomic E-state index is 13.7. The van der Waals surface area contributed by atoms with Crippen LogP contribution in [0.25, 0.3) is 0 Å². The summed E-state index contributed by atoms with van der Waals surface area (Å²) in [6.45, 7) is 2.88. The second-order valence-corrected chi connectivity index (χ2v) is 5.87. The van der Waals surface area contributed by atoms with Crippen LogP contribution in [0.4, 0.5) is 15.8 Å². The van der Waals surface area contributed by atoms with Gasteiger partial charge in [0.25, 0.3) is 0 Å². The van der Waals surface area contributed by atoms with Crippen LogP contribution < -0.4 is 16.0 Å². The number of halogens is 1. The first-order valence-electron chi connectivity index (χ1n) is 7.37. The summed E-state index contributed by atoms with van der Waals surface area (Å²) in [5.41, 5.74) is -0.340. The van der Waals surface area contributed by atoms with Gasteiger partial charge in [-0.15, -0.1) is 0 Å². The molecule has 0 spiro atoms. The van der Waals surface area contributed by atoms with Crippen molar-refractivity contribution < 1.29 is 14.0 Å². The van der Waals surface area contributed by atoms with Gasteiger partial charge in [-0.05, 0) is 43.9 Å². The van der Waals surface area contributed by atoms with Gasteiger partial charge in [0.1, 0.15) is 11.4 Å². The van der Waals surface area contributed by atoms with Crippen molar-refractivity contribution in [3.63, 3.8) is 0 Å². The fourth-order valence-electron chi connectivity index (χ4n) is 2.33. The Balaban J connectivity index is 1.96. The molecule has 1 aromatic rings. The third-order valence-corrected chi connectivity index (χ3v) is 3.75. The van der Waals surface area contributed by atoms with Crippen LogP contribution in [-0.2, 0) is 9.59 Å². The first-order valence-corrected chi connectivity index (χ1v) is 7.37. The molecule has 3 N–H and O–H groups in total. The first kappa shape index (κ1) is 16.7. The average Bonchev–Trinajstić information content (AvgIpc) is 3.32. The summed E-state index contributed by atoms with van der Waals surface area (Å²) >= 11 is 0. The summed E-state index contributed by atoms with van der Waals surface area (Å²) in [7, 11) is 0. The first-order chi connectivity index (χ1) is 10.8. The zero-order valence-corrected chi connectivity index (χ0v) is 13.1. The Labute approximate surface area is 134 Å². The highest BCUT2D eigenvalue weighted by Gasteiger charge is 2.42. The number of anilines is 2. The van der Waals surface area contributed by atoms with Crippen molar-refractivity contribution in [2.45, 2.75) is 32.2 Å². The lowest BCUT2D eigenvalue weighted by atomic mass is 9.98. The molecule has 1 aliphatic carbocycles. The summed E-state index contributed by atoms with van der Waals surface area (Å²) in [6, 6.07) is 6.18. The second kappa shape index (κ2) is 6.65. The number of amides is 2. The lowest BCUT2D eigenvalue weighted by Crippen LogP contribution is -2.48. The molecule has 0 bridgehead atoms. The highest BCUT2D eigenvalue weighted by atomic mass is 19.1. The Bertz CT molecular complexity index is 667. The van der Waals surface area contributed by atoms with Crippen LogP contribution in [0, 0.1) is 23.1 Å². The smallest absolute Gasteiger partial charge is 0.240 e. The van der Waals surface area contributed by atoms with E-state index in [-0.39, 0.29) is 30.0 Å². The van der Waals surface area contributed by atoms with Crippen molar-refractivity contribution >= 4 is 23.2 Å². The van der Waals surface area contributed by atoms with Crippen molar-refractivity contribution in [1.29, 1.82) is 5.26 Å². The predicted octanol–water partition coefficient (Wildman–Crippen LogP) is 2.00. The summed E-state index contributed by atoms with van der Waals surface area (Å²) in [5, 5.41) is 17.1. The van der Waals surface area contributed by atoms with Crippen molar-refractivity contribution in [3.8, 4) is 6.07 Å². The van der Waals surface area contributed by atoms with Gasteiger partial charge in [-0.3, -0.25) is 9.59 Å². The zero-order valence-electron chi connectivity index (χ0n) is 13.1. The number of hydrogen-bond donors (Lipinski definition) is 3. The summed E-state index contributed by atoms with van der Waals surface area (Å²) in [4.78, 5) is 23.0. The summed E-state index contributed by atoms with van der Waals surface area (Å²) in [5.74, 6) is -1.01. The molecule has 1 saturated carbocycles. The zero-order chi connectivity index (χ0) is 17.0. The van der Waals surface area contributed by atoms with Crippen LogP contribution in [0.15, 0.2) is 18.2 Å². The highest BCUT2D eigenvalue weighted by Crippen LogP contribution is 2.39. The van der Waals surface area contributed by atoms with Gasteiger partial charge in [0, 0.05) is 12.6 Å². The molecule has 2 rings (SSSR count). The second-order valence-electron chi connectivity index (χ2n) is 5.87. The van der Waals surface area contributed by atoms with Crippen LogP contribution in [0.2, 0.25) is 0 Å². The molecular weight excluding hydrogens is 299 g/mol. The Morgan fingerprint density at radius 1 is 1.43 bits per heavy atom. The fourth-order valence-corrected chi connectivity index (χ4v) is 2.33. The van der Waals surface area contributed by atoms with Gasteiger partial charge < -0.3 is 16.0 Å². The number of nitrogens with zero attached hydrogens (tertiary/aromatic N) is 1. The molecule has 0 heterocycles. The quantitative estimate of drug-likeness (QED) is 0.748. The van der Waals surface area contributed by atoms with Crippen LogP contribution in [0.1, 0.15) is 26.7 Å². The Morgan fingerprint density at radius 3 is 2.70 bits per heavy atom.